The van der Waals surface area contributed by atoms with Crippen molar-refractivity contribution in [3.8, 4) is 11.5 Å². The highest BCUT2D eigenvalue weighted by Crippen LogP contribution is 2.28. The smallest absolute Gasteiger partial charge is 0.191 e. The van der Waals surface area contributed by atoms with Gasteiger partial charge in [0, 0.05) is 12.6 Å². The minimum atomic E-state index is 0. The topological polar surface area (TPSA) is 54.9 Å². The van der Waals surface area contributed by atoms with Gasteiger partial charge >= 0.3 is 0 Å². The Bertz CT molecular complexity index is 507. The van der Waals surface area contributed by atoms with Crippen molar-refractivity contribution in [3.63, 3.8) is 0 Å². The number of halogens is 1. The molecule has 2 N–H and O–H groups in total. The second-order valence-corrected chi connectivity index (χ2v) is 5.79. The standard InChI is InChI=1S/C18H31N3O2.HI/c1-7-19-18(21-14(5)13(3)4)20-12-15-9-10-16(23-8-2)17(11-15)22-6;/h9-11,13-14H,7-8,12H2,1-6H3,(H2,19,20,21);1H. The normalized spacial score (nSPS) is 12.4. The van der Waals surface area contributed by atoms with Gasteiger partial charge in [0.1, 0.15) is 0 Å². The maximum atomic E-state index is 5.54. The van der Waals surface area contributed by atoms with Gasteiger partial charge in [-0.3, -0.25) is 0 Å². The molecule has 138 valence electrons. The van der Waals surface area contributed by atoms with E-state index < -0.39 is 0 Å². The highest BCUT2D eigenvalue weighted by molar-refractivity contribution is 14.0. The number of ether oxygens (including phenoxy) is 2. The molecule has 0 aliphatic rings. The fourth-order valence-electron chi connectivity index (χ4n) is 1.96. The van der Waals surface area contributed by atoms with E-state index in [1.165, 1.54) is 0 Å². The summed E-state index contributed by atoms with van der Waals surface area (Å²) in [7, 11) is 1.65. The van der Waals surface area contributed by atoms with Crippen molar-refractivity contribution in [2.24, 2.45) is 10.9 Å². The number of hydrogen-bond donors (Lipinski definition) is 2. The minimum Gasteiger partial charge on any atom is -0.493 e. The lowest BCUT2D eigenvalue weighted by atomic mass is 10.1. The number of methoxy groups -OCH3 is 1. The SMILES string of the molecule is CCNC(=NCc1ccc(OCC)c(OC)c1)NC(C)C(C)C.I. The zero-order valence-electron chi connectivity index (χ0n) is 15.7. The minimum absolute atomic E-state index is 0. The second kappa shape index (κ2) is 12.2. The molecule has 0 bridgehead atoms. The monoisotopic (exact) mass is 449 g/mol. The van der Waals surface area contributed by atoms with Gasteiger partial charge in [-0.2, -0.15) is 0 Å². The molecule has 5 nitrogen and oxygen atoms in total. The van der Waals surface area contributed by atoms with Crippen LogP contribution in [0.2, 0.25) is 0 Å². The number of aliphatic imine (C=N–C) groups is 1. The number of rotatable bonds is 8. The van der Waals surface area contributed by atoms with E-state index >= 15 is 0 Å². The highest BCUT2D eigenvalue weighted by Gasteiger charge is 2.09. The predicted molar refractivity (Wildman–Crippen MR) is 112 cm³/mol. The van der Waals surface area contributed by atoms with Crippen LogP contribution in [0.25, 0.3) is 0 Å². The van der Waals surface area contributed by atoms with Gasteiger partial charge in [0.2, 0.25) is 0 Å². The van der Waals surface area contributed by atoms with Crippen molar-refractivity contribution < 1.29 is 9.47 Å². The van der Waals surface area contributed by atoms with Crippen molar-refractivity contribution in [2.75, 3.05) is 20.3 Å². The summed E-state index contributed by atoms with van der Waals surface area (Å²) in [5, 5.41) is 6.71. The summed E-state index contributed by atoms with van der Waals surface area (Å²) >= 11 is 0. The Balaban J connectivity index is 0.00000529. The Morgan fingerprint density at radius 3 is 2.42 bits per heavy atom. The Morgan fingerprint density at radius 2 is 1.88 bits per heavy atom. The van der Waals surface area contributed by atoms with Gasteiger partial charge in [0.05, 0.1) is 20.3 Å². The zero-order chi connectivity index (χ0) is 17.2. The van der Waals surface area contributed by atoms with Gasteiger partial charge in [0.15, 0.2) is 17.5 Å². The maximum Gasteiger partial charge on any atom is 0.191 e. The first-order valence-electron chi connectivity index (χ1n) is 8.36. The van der Waals surface area contributed by atoms with Gasteiger partial charge in [0.25, 0.3) is 0 Å². The molecule has 0 aliphatic heterocycles. The lowest BCUT2D eigenvalue weighted by Crippen LogP contribution is -2.44. The van der Waals surface area contributed by atoms with Crippen LogP contribution in [-0.4, -0.2) is 32.3 Å². The van der Waals surface area contributed by atoms with E-state index in [1.54, 1.807) is 7.11 Å². The third kappa shape index (κ3) is 7.59. The first-order valence-corrected chi connectivity index (χ1v) is 8.36. The summed E-state index contributed by atoms with van der Waals surface area (Å²) in [5.41, 5.74) is 1.08. The van der Waals surface area contributed by atoms with E-state index in [4.69, 9.17) is 9.47 Å². The third-order valence-corrected chi connectivity index (χ3v) is 3.66. The number of hydrogen-bond acceptors (Lipinski definition) is 3. The first-order chi connectivity index (χ1) is 11.0. The lowest BCUT2D eigenvalue weighted by Gasteiger charge is -2.20. The highest BCUT2D eigenvalue weighted by atomic mass is 127. The van der Waals surface area contributed by atoms with E-state index in [9.17, 15) is 0 Å². The molecule has 24 heavy (non-hydrogen) atoms. The van der Waals surface area contributed by atoms with E-state index in [2.05, 4.69) is 43.3 Å². The fraction of sp³-hybridized carbons (Fsp3) is 0.611. The van der Waals surface area contributed by atoms with Crippen molar-refractivity contribution in [2.45, 2.75) is 47.2 Å². The molecule has 0 saturated heterocycles. The van der Waals surface area contributed by atoms with E-state index in [1.807, 2.05) is 25.1 Å². The maximum absolute atomic E-state index is 5.54. The molecule has 0 spiro atoms. The van der Waals surface area contributed by atoms with Crippen molar-refractivity contribution >= 4 is 29.9 Å². The van der Waals surface area contributed by atoms with E-state index in [0.717, 1.165) is 29.6 Å². The number of nitrogens with zero attached hydrogens (tertiary/aromatic N) is 1. The van der Waals surface area contributed by atoms with Gasteiger partial charge in [-0.1, -0.05) is 19.9 Å². The van der Waals surface area contributed by atoms with Crippen LogP contribution < -0.4 is 20.1 Å². The van der Waals surface area contributed by atoms with E-state index in [-0.39, 0.29) is 24.0 Å². The van der Waals surface area contributed by atoms with Gasteiger partial charge in [-0.25, -0.2) is 4.99 Å². The lowest BCUT2D eigenvalue weighted by molar-refractivity contribution is 0.310. The first kappa shape index (κ1) is 22.8. The fourth-order valence-corrected chi connectivity index (χ4v) is 1.96. The molecule has 1 rings (SSSR count). The molecular formula is C18H32IN3O2. The zero-order valence-corrected chi connectivity index (χ0v) is 18.0. The second-order valence-electron chi connectivity index (χ2n) is 5.79. The predicted octanol–water partition coefficient (Wildman–Crippen LogP) is 3.81. The Hall–Kier alpha value is -1.18. The van der Waals surface area contributed by atoms with Crippen LogP contribution in [0.1, 0.15) is 40.2 Å². The average molecular weight is 449 g/mol. The summed E-state index contributed by atoms with van der Waals surface area (Å²) in [4.78, 5) is 4.66. The van der Waals surface area contributed by atoms with Crippen LogP contribution in [-0.2, 0) is 6.54 Å². The molecule has 1 aromatic carbocycles. The van der Waals surface area contributed by atoms with Crippen LogP contribution in [0.5, 0.6) is 11.5 Å². The largest absolute Gasteiger partial charge is 0.493 e. The molecule has 0 fully saturated rings. The molecule has 0 heterocycles. The molecule has 0 aromatic heterocycles. The van der Waals surface area contributed by atoms with Crippen molar-refractivity contribution in [1.82, 2.24) is 10.6 Å². The molecule has 0 saturated carbocycles. The van der Waals surface area contributed by atoms with E-state index in [0.29, 0.717) is 25.1 Å². The Labute approximate surface area is 163 Å². The summed E-state index contributed by atoms with van der Waals surface area (Å²) in [5.74, 6) is 2.89. The summed E-state index contributed by atoms with van der Waals surface area (Å²) in [6.07, 6.45) is 0. The number of guanidine groups is 1. The summed E-state index contributed by atoms with van der Waals surface area (Å²) < 4.78 is 10.9. The Morgan fingerprint density at radius 1 is 1.17 bits per heavy atom. The van der Waals surface area contributed by atoms with Crippen LogP contribution in [0.3, 0.4) is 0 Å². The van der Waals surface area contributed by atoms with Crippen molar-refractivity contribution in [1.29, 1.82) is 0 Å². The molecule has 1 aromatic rings. The van der Waals surface area contributed by atoms with Gasteiger partial charge in [-0.15, -0.1) is 24.0 Å². The quantitative estimate of drug-likeness (QED) is 0.360. The third-order valence-electron chi connectivity index (χ3n) is 3.66. The van der Waals surface area contributed by atoms with Crippen molar-refractivity contribution in [3.05, 3.63) is 23.8 Å². The van der Waals surface area contributed by atoms with Crippen LogP contribution in [0, 0.1) is 5.92 Å². The molecule has 0 radical (unpaired) electrons. The van der Waals surface area contributed by atoms with Crippen LogP contribution >= 0.6 is 24.0 Å². The van der Waals surface area contributed by atoms with Crippen LogP contribution in [0.4, 0.5) is 0 Å². The molecule has 6 heteroatoms. The summed E-state index contributed by atoms with van der Waals surface area (Å²) in [6, 6.07) is 6.29. The molecule has 0 aliphatic carbocycles. The molecule has 0 amide bonds. The molecule has 1 atom stereocenters. The van der Waals surface area contributed by atoms with Gasteiger partial charge in [-0.05, 0) is 44.4 Å². The number of nitrogens with one attached hydrogen (secondary N) is 2. The number of benzene rings is 1. The molecule has 1 unspecified atom stereocenters. The summed E-state index contributed by atoms with van der Waals surface area (Å²) in [6.45, 7) is 12.6. The van der Waals surface area contributed by atoms with Crippen LogP contribution in [0.15, 0.2) is 23.2 Å². The average Bonchev–Trinajstić information content (AvgIpc) is 2.53. The molecular weight excluding hydrogens is 417 g/mol. The van der Waals surface area contributed by atoms with Gasteiger partial charge < -0.3 is 20.1 Å². The Kier molecular flexibility index (Phi) is 11.6.